The third-order valence-electron chi connectivity index (χ3n) is 7.50. The lowest BCUT2D eigenvalue weighted by Gasteiger charge is -2.20. The van der Waals surface area contributed by atoms with Gasteiger partial charge >= 0.3 is 0 Å². The van der Waals surface area contributed by atoms with Crippen LogP contribution >= 0.6 is 0 Å². The lowest BCUT2D eigenvalue weighted by atomic mass is 9.99. The molecule has 0 saturated carbocycles. The number of hydrogen-bond acceptors (Lipinski definition) is 6. The molecule has 6 heteroatoms. The van der Waals surface area contributed by atoms with Gasteiger partial charge in [0.25, 0.3) is 0 Å². The Balaban J connectivity index is 1.19. The molecule has 0 radical (unpaired) electrons. The summed E-state index contributed by atoms with van der Waals surface area (Å²) in [5.74, 6) is 1.68. The largest absolute Gasteiger partial charge is 0.491 e. The Kier molecular flexibility index (Phi) is 7.28. The summed E-state index contributed by atoms with van der Waals surface area (Å²) < 4.78 is 34.1. The summed E-state index contributed by atoms with van der Waals surface area (Å²) in [6.45, 7) is 8.52. The highest BCUT2D eigenvalue weighted by Crippen LogP contribution is 2.34. The van der Waals surface area contributed by atoms with E-state index in [-0.39, 0.29) is 23.4 Å². The molecular weight excluding hydrogens is 468 g/mol. The lowest BCUT2D eigenvalue weighted by molar-refractivity contribution is 0.00480. The number of epoxide rings is 2. The molecule has 37 heavy (non-hydrogen) atoms. The van der Waals surface area contributed by atoms with Gasteiger partial charge in [0, 0.05) is 14.2 Å². The molecule has 4 unspecified atom stereocenters. The monoisotopic (exact) mass is 504 g/mol. The van der Waals surface area contributed by atoms with E-state index in [1.807, 2.05) is 25.1 Å². The molecule has 3 aromatic rings. The molecule has 5 rings (SSSR count). The van der Waals surface area contributed by atoms with Gasteiger partial charge in [-0.2, -0.15) is 0 Å². The fraction of sp³-hybridized carbons (Fsp3) is 0.419. The first kappa shape index (κ1) is 25.7. The minimum absolute atomic E-state index is 0.0768. The maximum atomic E-state index is 6.06. The molecule has 3 aromatic carbocycles. The smallest absolute Gasteiger partial charge is 0.122 e. The van der Waals surface area contributed by atoms with Crippen LogP contribution in [0.2, 0.25) is 0 Å². The van der Waals surface area contributed by atoms with Gasteiger partial charge in [-0.3, -0.25) is 0 Å². The normalized spacial score (nSPS) is 23.8. The fourth-order valence-electron chi connectivity index (χ4n) is 4.51. The first-order valence-corrected chi connectivity index (χ1v) is 12.7. The third-order valence-corrected chi connectivity index (χ3v) is 7.50. The highest BCUT2D eigenvalue weighted by Gasteiger charge is 2.48. The van der Waals surface area contributed by atoms with Crippen LogP contribution in [-0.2, 0) is 18.9 Å². The molecule has 0 bridgehead atoms. The van der Waals surface area contributed by atoms with Gasteiger partial charge in [0.2, 0.25) is 0 Å². The average molecular weight is 505 g/mol. The zero-order valence-corrected chi connectivity index (χ0v) is 22.3. The van der Waals surface area contributed by atoms with Crippen molar-refractivity contribution in [3.63, 3.8) is 0 Å². The first-order valence-electron chi connectivity index (χ1n) is 12.7. The molecule has 196 valence electrons. The molecule has 2 aliphatic heterocycles. The van der Waals surface area contributed by atoms with Crippen molar-refractivity contribution in [1.29, 1.82) is 0 Å². The minimum Gasteiger partial charge on any atom is -0.491 e. The summed E-state index contributed by atoms with van der Waals surface area (Å²) in [6.07, 6.45) is -0.158. The van der Waals surface area contributed by atoms with Crippen molar-refractivity contribution in [3.8, 4) is 33.8 Å². The summed E-state index contributed by atoms with van der Waals surface area (Å²) in [4.78, 5) is 0. The predicted molar refractivity (Wildman–Crippen MR) is 143 cm³/mol. The van der Waals surface area contributed by atoms with Crippen molar-refractivity contribution < 1.29 is 28.4 Å². The van der Waals surface area contributed by atoms with Crippen LogP contribution in [0.4, 0.5) is 0 Å². The number of benzene rings is 3. The van der Waals surface area contributed by atoms with E-state index >= 15 is 0 Å². The van der Waals surface area contributed by atoms with Gasteiger partial charge in [-0.05, 0) is 72.9 Å². The molecule has 2 fully saturated rings. The second-order valence-electron chi connectivity index (χ2n) is 10.4. The Morgan fingerprint density at radius 2 is 1.11 bits per heavy atom. The molecule has 2 saturated heterocycles. The summed E-state index contributed by atoms with van der Waals surface area (Å²) in [5.41, 5.74) is 5.25. The Labute approximate surface area is 219 Å². The highest BCUT2D eigenvalue weighted by molar-refractivity contribution is 5.71. The Hall–Kier alpha value is -2.90. The van der Waals surface area contributed by atoms with Crippen LogP contribution in [0.25, 0.3) is 22.3 Å². The van der Waals surface area contributed by atoms with E-state index in [4.69, 9.17) is 28.4 Å². The van der Waals surface area contributed by atoms with E-state index in [2.05, 4.69) is 62.4 Å². The van der Waals surface area contributed by atoms with Crippen LogP contribution in [0.3, 0.4) is 0 Å². The summed E-state index contributed by atoms with van der Waals surface area (Å²) in [7, 11) is 3.39. The summed E-state index contributed by atoms with van der Waals surface area (Å²) in [6, 6.07) is 23.1. The van der Waals surface area contributed by atoms with Crippen LogP contribution in [0, 0.1) is 6.92 Å². The quantitative estimate of drug-likeness (QED) is 0.295. The van der Waals surface area contributed by atoms with Gasteiger partial charge in [-0.15, -0.1) is 0 Å². The number of methoxy groups -OCH3 is 2. The van der Waals surface area contributed by atoms with Crippen LogP contribution in [-0.4, -0.2) is 64.1 Å². The maximum Gasteiger partial charge on any atom is 0.122 e. The number of aryl methyl sites for hydroxylation is 1. The first-order chi connectivity index (χ1) is 17.8. The van der Waals surface area contributed by atoms with Gasteiger partial charge < -0.3 is 28.4 Å². The molecule has 4 atom stereocenters. The van der Waals surface area contributed by atoms with Crippen LogP contribution in [0.15, 0.2) is 66.7 Å². The molecule has 2 heterocycles. The van der Waals surface area contributed by atoms with Gasteiger partial charge in [0.15, 0.2) is 0 Å². The van der Waals surface area contributed by atoms with Gasteiger partial charge in [0.05, 0.1) is 13.2 Å². The molecule has 0 aromatic heterocycles. The summed E-state index contributed by atoms with van der Waals surface area (Å²) in [5, 5.41) is 0. The van der Waals surface area contributed by atoms with E-state index in [1.54, 1.807) is 14.2 Å². The summed E-state index contributed by atoms with van der Waals surface area (Å²) >= 11 is 0. The number of hydrogen-bond donors (Lipinski definition) is 0. The van der Waals surface area contributed by atoms with Crippen LogP contribution in [0.5, 0.6) is 11.5 Å². The van der Waals surface area contributed by atoms with Crippen molar-refractivity contribution >= 4 is 0 Å². The Bertz CT molecular complexity index is 1200. The molecule has 0 N–H and O–H groups in total. The van der Waals surface area contributed by atoms with E-state index in [9.17, 15) is 0 Å². The fourth-order valence-corrected chi connectivity index (χ4v) is 4.51. The SMILES string of the molecule is COC(COc1ccc(-c2ccc(-c3ccc(OCC(OC)C4(C)CO4)c(C)c3)cc2)cc1)C1(C)CO1. The van der Waals surface area contributed by atoms with Crippen molar-refractivity contribution in [2.24, 2.45) is 0 Å². The van der Waals surface area contributed by atoms with E-state index < -0.39 is 0 Å². The molecular formula is C31H36O6. The Morgan fingerprint density at radius 3 is 1.57 bits per heavy atom. The molecule has 2 aliphatic rings. The predicted octanol–water partition coefficient (Wildman–Crippen LogP) is 5.69. The van der Waals surface area contributed by atoms with Crippen LogP contribution < -0.4 is 9.47 Å². The van der Waals surface area contributed by atoms with Gasteiger partial charge in [-0.25, -0.2) is 0 Å². The third kappa shape index (κ3) is 5.83. The molecule has 6 nitrogen and oxygen atoms in total. The number of ether oxygens (including phenoxy) is 6. The lowest BCUT2D eigenvalue weighted by Crippen LogP contribution is -2.34. The minimum atomic E-state index is -0.227. The Morgan fingerprint density at radius 1 is 0.676 bits per heavy atom. The number of rotatable bonds is 12. The second-order valence-corrected chi connectivity index (χ2v) is 10.4. The van der Waals surface area contributed by atoms with E-state index in [0.717, 1.165) is 39.3 Å². The van der Waals surface area contributed by atoms with Crippen LogP contribution in [0.1, 0.15) is 19.4 Å². The average Bonchev–Trinajstić information content (AvgIpc) is 3.85. The zero-order valence-electron chi connectivity index (χ0n) is 22.3. The molecule has 0 spiro atoms. The zero-order chi connectivity index (χ0) is 26.0. The van der Waals surface area contributed by atoms with Gasteiger partial charge in [0.1, 0.15) is 48.1 Å². The van der Waals surface area contributed by atoms with E-state index in [1.165, 1.54) is 0 Å². The maximum absolute atomic E-state index is 6.06. The second kappa shape index (κ2) is 10.5. The van der Waals surface area contributed by atoms with Crippen molar-refractivity contribution in [1.82, 2.24) is 0 Å². The molecule has 0 amide bonds. The molecule has 0 aliphatic carbocycles. The van der Waals surface area contributed by atoms with Gasteiger partial charge in [-0.1, -0.05) is 42.5 Å². The van der Waals surface area contributed by atoms with Crippen molar-refractivity contribution in [2.75, 3.05) is 40.6 Å². The van der Waals surface area contributed by atoms with Crippen molar-refractivity contribution in [2.45, 2.75) is 44.2 Å². The topological polar surface area (TPSA) is 62.0 Å². The highest BCUT2D eigenvalue weighted by atomic mass is 16.6. The van der Waals surface area contributed by atoms with E-state index in [0.29, 0.717) is 26.4 Å². The standard InChI is InChI=1S/C31H36O6/c1-21-16-25(12-15-27(21)35-18-29(33-5)31(3)20-37-31)24-8-6-22(7-9-24)23-10-13-26(14-11-23)34-17-28(32-4)30(2)19-36-30/h6-16,28-29H,17-20H2,1-5H3. The van der Waals surface area contributed by atoms with Crippen molar-refractivity contribution in [3.05, 3.63) is 72.3 Å².